The molecule has 1 amide bonds. The maximum Gasteiger partial charge on any atom is 0.225 e. The first kappa shape index (κ1) is 14.5. The van der Waals surface area contributed by atoms with Gasteiger partial charge in [0.1, 0.15) is 12.4 Å². The molecule has 1 aromatic carbocycles. The molecular formula is C14H21NO3. The van der Waals surface area contributed by atoms with Crippen LogP contribution in [0, 0.1) is 5.41 Å². The van der Waals surface area contributed by atoms with Crippen LogP contribution in [0.3, 0.4) is 0 Å². The van der Waals surface area contributed by atoms with E-state index in [1.54, 1.807) is 0 Å². The summed E-state index contributed by atoms with van der Waals surface area (Å²) in [5.41, 5.74) is 0.504. The molecule has 0 aliphatic rings. The van der Waals surface area contributed by atoms with Crippen LogP contribution < -0.4 is 10.1 Å². The zero-order valence-electron chi connectivity index (χ0n) is 11.2. The number of ether oxygens (including phenoxy) is 1. The average Bonchev–Trinajstić information content (AvgIpc) is 2.33. The molecule has 0 spiro atoms. The summed E-state index contributed by atoms with van der Waals surface area (Å²) in [5, 5.41) is 11.6. The third-order valence-corrected chi connectivity index (χ3v) is 2.44. The molecule has 2 N–H and O–H groups in total. The Bertz CT molecular complexity index is 396. The highest BCUT2D eigenvalue weighted by molar-refractivity contribution is 5.81. The number of para-hydroxylation sites is 1. The van der Waals surface area contributed by atoms with Crippen molar-refractivity contribution >= 4 is 5.91 Å². The number of amides is 1. The van der Waals surface area contributed by atoms with Crippen molar-refractivity contribution in [3.63, 3.8) is 0 Å². The van der Waals surface area contributed by atoms with Crippen LogP contribution in [0.1, 0.15) is 26.3 Å². The Morgan fingerprint density at radius 3 is 2.61 bits per heavy atom. The van der Waals surface area contributed by atoms with E-state index in [-0.39, 0.29) is 19.1 Å². The summed E-state index contributed by atoms with van der Waals surface area (Å²) >= 11 is 0. The summed E-state index contributed by atoms with van der Waals surface area (Å²) < 4.78 is 5.40. The fourth-order valence-electron chi connectivity index (χ4n) is 1.39. The van der Waals surface area contributed by atoms with Crippen molar-refractivity contribution in [3.8, 4) is 5.75 Å². The summed E-state index contributed by atoms with van der Waals surface area (Å²) in [4.78, 5) is 11.8. The molecule has 4 heteroatoms. The lowest BCUT2D eigenvalue weighted by atomic mass is 9.95. The molecule has 100 valence electrons. The highest BCUT2D eigenvalue weighted by Gasteiger charge is 2.20. The molecule has 4 nitrogen and oxygen atoms in total. The Balaban J connectivity index is 2.64. The predicted molar refractivity (Wildman–Crippen MR) is 70.3 cm³/mol. The van der Waals surface area contributed by atoms with E-state index in [0.717, 1.165) is 5.56 Å². The van der Waals surface area contributed by atoms with Gasteiger partial charge in [-0.3, -0.25) is 4.79 Å². The van der Waals surface area contributed by atoms with Crippen LogP contribution in [0.2, 0.25) is 0 Å². The van der Waals surface area contributed by atoms with Crippen molar-refractivity contribution in [1.29, 1.82) is 0 Å². The second-order valence-electron chi connectivity index (χ2n) is 5.11. The Kier molecular flexibility index (Phi) is 5.16. The molecule has 0 saturated heterocycles. The Labute approximate surface area is 108 Å². The van der Waals surface area contributed by atoms with Crippen molar-refractivity contribution in [2.75, 3.05) is 13.2 Å². The number of rotatable bonds is 5. The summed E-state index contributed by atoms with van der Waals surface area (Å²) in [6.07, 6.45) is 0. The molecule has 0 aliphatic carbocycles. The molecule has 0 atom stereocenters. The van der Waals surface area contributed by atoms with E-state index in [9.17, 15) is 4.79 Å². The lowest BCUT2D eigenvalue weighted by Crippen LogP contribution is -2.34. The zero-order valence-corrected chi connectivity index (χ0v) is 11.2. The molecule has 0 unspecified atom stereocenters. The van der Waals surface area contributed by atoms with Gasteiger partial charge in [-0.2, -0.15) is 0 Å². The fourth-order valence-corrected chi connectivity index (χ4v) is 1.39. The third-order valence-electron chi connectivity index (χ3n) is 2.44. The summed E-state index contributed by atoms with van der Waals surface area (Å²) in [7, 11) is 0. The molecule has 18 heavy (non-hydrogen) atoms. The molecule has 0 aromatic heterocycles. The first-order valence-electron chi connectivity index (χ1n) is 6.05. The molecular weight excluding hydrogens is 230 g/mol. The molecule has 1 aromatic rings. The van der Waals surface area contributed by atoms with Crippen molar-refractivity contribution in [1.82, 2.24) is 5.32 Å². The molecule has 0 bridgehead atoms. The van der Waals surface area contributed by atoms with Gasteiger partial charge in [0.2, 0.25) is 5.91 Å². The number of hydrogen-bond donors (Lipinski definition) is 2. The van der Waals surface area contributed by atoms with Gasteiger partial charge in [0.25, 0.3) is 0 Å². The van der Waals surface area contributed by atoms with Crippen LogP contribution >= 0.6 is 0 Å². The largest absolute Gasteiger partial charge is 0.491 e. The second-order valence-corrected chi connectivity index (χ2v) is 5.11. The number of benzene rings is 1. The number of hydrogen-bond acceptors (Lipinski definition) is 3. The van der Waals surface area contributed by atoms with Gasteiger partial charge in [0.05, 0.1) is 6.61 Å². The summed E-state index contributed by atoms with van der Waals surface area (Å²) in [5.74, 6) is 0.695. The third kappa shape index (κ3) is 4.37. The molecule has 1 rings (SSSR count). The van der Waals surface area contributed by atoms with Gasteiger partial charge >= 0.3 is 0 Å². The van der Waals surface area contributed by atoms with Crippen molar-refractivity contribution in [2.45, 2.75) is 27.3 Å². The van der Waals surface area contributed by atoms with E-state index in [1.165, 1.54) is 0 Å². The highest BCUT2D eigenvalue weighted by Crippen LogP contribution is 2.19. The SMILES string of the molecule is CC(C)(C)C(=O)NCc1ccccc1OCCO. The van der Waals surface area contributed by atoms with Crippen LogP contribution in [-0.2, 0) is 11.3 Å². The first-order valence-corrected chi connectivity index (χ1v) is 6.05. The van der Waals surface area contributed by atoms with Gasteiger partial charge in [0.15, 0.2) is 0 Å². The van der Waals surface area contributed by atoms with Crippen LogP contribution in [0.5, 0.6) is 5.75 Å². The molecule has 0 radical (unpaired) electrons. The Morgan fingerprint density at radius 1 is 1.33 bits per heavy atom. The van der Waals surface area contributed by atoms with Crippen LogP contribution in [0.4, 0.5) is 0 Å². The summed E-state index contributed by atoms with van der Waals surface area (Å²) in [6, 6.07) is 7.48. The number of carbonyl (C=O) groups excluding carboxylic acids is 1. The highest BCUT2D eigenvalue weighted by atomic mass is 16.5. The number of aliphatic hydroxyl groups is 1. The fraction of sp³-hybridized carbons (Fsp3) is 0.500. The van der Waals surface area contributed by atoms with Gasteiger partial charge in [0, 0.05) is 17.5 Å². The lowest BCUT2D eigenvalue weighted by molar-refractivity contribution is -0.128. The van der Waals surface area contributed by atoms with E-state index in [2.05, 4.69) is 5.32 Å². The van der Waals surface area contributed by atoms with E-state index >= 15 is 0 Å². The first-order chi connectivity index (χ1) is 8.45. The molecule has 0 saturated carbocycles. The minimum absolute atomic E-state index is 0.000499. The van der Waals surface area contributed by atoms with E-state index in [0.29, 0.717) is 12.3 Å². The van der Waals surface area contributed by atoms with Gasteiger partial charge in [-0.05, 0) is 6.07 Å². The normalized spacial score (nSPS) is 11.1. The van der Waals surface area contributed by atoms with Crippen molar-refractivity contribution in [2.24, 2.45) is 5.41 Å². The maximum absolute atomic E-state index is 11.8. The Morgan fingerprint density at radius 2 is 2.00 bits per heavy atom. The standard InChI is InChI=1S/C14H21NO3/c1-14(2,3)13(17)15-10-11-6-4-5-7-12(11)18-9-8-16/h4-7,16H,8-10H2,1-3H3,(H,15,17). The number of carbonyl (C=O) groups is 1. The summed E-state index contributed by atoms with van der Waals surface area (Å²) in [6.45, 7) is 6.27. The van der Waals surface area contributed by atoms with E-state index in [1.807, 2.05) is 45.0 Å². The average molecular weight is 251 g/mol. The molecule has 0 fully saturated rings. The number of aliphatic hydroxyl groups excluding tert-OH is 1. The Hall–Kier alpha value is -1.55. The minimum Gasteiger partial charge on any atom is -0.491 e. The van der Waals surface area contributed by atoms with Crippen LogP contribution in [-0.4, -0.2) is 24.2 Å². The maximum atomic E-state index is 11.8. The van der Waals surface area contributed by atoms with E-state index < -0.39 is 5.41 Å². The van der Waals surface area contributed by atoms with Crippen LogP contribution in [0.15, 0.2) is 24.3 Å². The van der Waals surface area contributed by atoms with Crippen molar-refractivity contribution in [3.05, 3.63) is 29.8 Å². The van der Waals surface area contributed by atoms with Gasteiger partial charge in [-0.25, -0.2) is 0 Å². The topological polar surface area (TPSA) is 58.6 Å². The smallest absolute Gasteiger partial charge is 0.225 e. The van der Waals surface area contributed by atoms with Crippen LogP contribution in [0.25, 0.3) is 0 Å². The predicted octanol–water partition coefficient (Wildman–Crippen LogP) is 1.72. The number of nitrogens with one attached hydrogen (secondary N) is 1. The quantitative estimate of drug-likeness (QED) is 0.837. The molecule has 0 aliphatic heterocycles. The molecule has 0 heterocycles. The second kappa shape index (κ2) is 6.40. The monoisotopic (exact) mass is 251 g/mol. The minimum atomic E-state index is -0.402. The van der Waals surface area contributed by atoms with Gasteiger partial charge in [-0.1, -0.05) is 39.0 Å². The van der Waals surface area contributed by atoms with E-state index in [4.69, 9.17) is 9.84 Å². The van der Waals surface area contributed by atoms with Gasteiger partial charge in [-0.15, -0.1) is 0 Å². The van der Waals surface area contributed by atoms with Gasteiger partial charge < -0.3 is 15.2 Å². The lowest BCUT2D eigenvalue weighted by Gasteiger charge is -2.18. The zero-order chi connectivity index (χ0) is 13.6. The van der Waals surface area contributed by atoms with Crippen molar-refractivity contribution < 1.29 is 14.6 Å².